The average Bonchev–Trinajstić information content (AvgIpc) is 2.00. The molecule has 2 aliphatic rings. The summed E-state index contributed by atoms with van der Waals surface area (Å²) < 4.78 is 36.9. The number of alkyl halides is 3. The van der Waals surface area contributed by atoms with Gasteiger partial charge in [-0.2, -0.15) is 13.2 Å². The molecule has 2 rings (SSSR count). The van der Waals surface area contributed by atoms with Crippen LogP contribution < -0.4 is 10.6 Å². The largest absolute Gasteiger partial charge is 0.403 e. The van der Waals surface area contributed by atoms with Crippen LogP contribution in [0.2, 0.25) is 0 Å². The van der Waals surface area contributed by atoms with E-state index < -0.39 is 12.2 Å². The third-order valence-corrected chi connectivity index (χ3v) is 3.33. The summed E-state index contributed by atoms with van der Waals surface area (Å²) in [4.78, 5) is 0. The molecule has 2 saturated heterocycles. The van der Waals surface area contributed by atoms with E-state index in [0.29, 0.717) is 24.8 Å². The molecule has 0 bridgehead atoms. The van der Waals surface area contributed by atoms with E-state index in [1.165, 1.54) is 0 Å². The number of halogens is 3. The molecule has 14 heavy (non-hydrogen) atoms. The van der Waals surface area contributed by atoms with Crippen molar-refractivity contribution < 1.29 is 13.2 Å². The topological polar surface area (TPSA) is 24.1 Å². The Morgan fingerprint density at radius 3 is 2.00 bits per heavy atom. The summed E-state index contributed by atoms with van der Waals surface area (Å²) in [7, 11) is 0. The van der Waals surface area contributed by atoms with Crippen molar-refractivity contribution in [2.75, 3.05) is 19.6 Å². The van der Waals surface area contributed by atoms with Crippen LogP contribution in [-0.2, 0) is 0 Å². The lowest BCUT2D eigenvalue weighted by molar-refractivity contribution is -0.163. The van der Waals surface area contributed by atoms with Crippen LogP contribution in [0.5, 0.6) is 0 Å². The van der Waals surface area contributed by atoms with Crippen LogP contribution >= 0.6 is 0 Å². The van der Waals surface area contributed by atoms with Crippen molar-refractivity contribution in [2.45, 2.75) is 25.1 Å². The molecule has 0 spiro atoms. The van der Waals surface area contributed by atoms with Gasteiger partial charge in [0.2, 0.25) is 0 Å². The van der Waals surface area contributed by atoms with E-state index in [9.17, 15) is 13.2 Å². The fourth-order valence-electron chi connectivity index (χ4n) is 2.20. The second-order valence-electron chi connectivity index (χ2n) is 4.26. The minimum atomic E-state index is -4.07. The highest BCUT2D eigenvalue weighted by molar-refractivity contribution is 4.89. The highest BCUT2D eigenvalue weighted by atomic mass is 19.4. The quantitative estimate of drug-likeness (QED) is 0.675. The first-order valence-corrected chi connectivity index (χ1v) is 5.08. The van der Waals surface area contributed by atoms with Gasteiger partial charge in [-0.25, -0.2) is 0 Å². The van der Waals surface area contributed by atoms with Crippen LogP contribution in [0.3, 0.4) is 0 Å². The maximum absolute atomic E-state index is 12.3. The van der Waals surface area contributed by atoms with Gasteiger partial charge in [-0.15, -0.1) is 0 Å². The van der Waals surface area contributed by atoms with Crippen LogP contribution in [0.4, 0.5) is 13.2 Å². The zero-order valence-electron chi connectivity index (χ0n) is 7.90. The van der Waals surface area contributed by atoms with Gasteiger partial charge in [-0.05, 0) is 44.3 Å². The Bertz CT molecular complexity index is 193. The fourth-order valence-corrected chi connectivity index (χ4v) is 2.20. The van der Waals surface area contributed by atoms with Crippen molar-refractivity contribution in [3.63, 3.8) is 0 Å². The molecule has 0 amide bonds. The molecule has 2 fully saturated rings. The first kappa shape index (κ1) is 10.2. The Morgan fingerprint density at radius 2 is 1.64 bits per heavy atom. The predicted octanol–water partition coefficient (Wildman–Crippen LogP) is 1.14. The standard InChI is InChI=1S/C9H15F3N2/c10-9(11,12)8-2-1-6(5-14-8)7-3-13-4-7/h6-8,13-14H,1-5H2. The molecule has 2 heterocycles. The number of rotatable bonds is 1. The van der Waals surface area contributed by atoms with Gasteiger partial charge in [0.1, 0.15) is 6.04 Å². The minimum Gasteiger partial charge on any atom is -0.316 e. The minimum absolute atomic E-state index is 0.241. The van der Waals surface area contributed by atoms with Crippen LogP contribution in [0.15, 0.2) is 0 Å². The molecule has 0 aromatic rings. The molecule has 2 unspecified atom stereocenters. The highest BCUT2D eigenvalue weighted by Crippen LogP contribution is 2.31. The summed E-state index contributed by atoms with van der Waals surface area (Å²) in [6.45, 7) is 2.47. The summed E-state index contributed by atoms with van der Waals surface area (Å²) in [6.07, 6.45) is -3.11. The van der Waals surface area contributed by atoms with Gasteiger partial charge < -0.3 is 10.6 Å². The van der Waals surface area contributed by atoms with Crippen molar-refractivity contribution in [1.82, 2.24) is 10.6 Å². The lowest BCUT2D eigenvalue weighted by atomic mass is 9.81. The van der Waals surface area contributed by atoms with Crippen molar-refractivity contribution in [1.29, 1.82) is 0 Å². The lowest BCUT2D eigenvalue weighted by Crippen LogP contribution is -2.54. The van der Waals surface area contributed by atoms with Crippen molar-refractivity contribution in [3.05, 3.63) is 0 Å². The molecular formula is C9H15F3N2. The molecule has 0 radical (unpaired) electrons. The lowest BCUT2D eigenvalue weighted by Gasteiger charge is -2.39. The van der Waals surface area contributed by atoms with E-state index in [4.69, 9.17) is 0 Å². The molecule has 0 aromatic heterocycles. The van der Waals surface area contributed by atoms with E-state index in [1.54, 1.807) is 0 Å². The smallest absolute Gasteiger partial charge is 0.316 e. The Kier molecular flexibility index (Phi) is 2.70. The van der Waals surface area contributed by atoms with Crippen LogP contribution in [-0.4, -0.2) is 31.9 Å². The summed E-state index contributed by atoms with van der Waals surface area (Å²) in [5.74, 6) is 1.03. The van der Waals surface area contributed by atoms with E-state index in [-0.39, 0.29) is 6.42 Å². The highest BCUT2D eigenvalue weighted by Gasteiger charge is 2.42. The van der Waals surface area contributed by atoms with Crippen LogP contribution in [0.1, 0.15) is 12.8 Å². The number of nitrogens with one attached hydrogen (secondary N) is 2. The molecule has 0 aliphatic carbocycles. The maximum atomic E-state index is 12.3. The monoisotopic (exact) mass is 208 g/mol. The third kappa shape index (κ3) is 2.03. The zero-order chi connectivity index (χ0) is 10.2. The SMILES string of the molecule is FC(F)(F)C1CCC(C2CNC2)CN1. The number of piperidine rings is 1. The second kappa shape index (κ2) is 3.70. The van der Waals surface area contributed by atoms with E-state index in [0.717, 1.165) is 13.1 Å². The Hall–Kier alpha value is -0.290. The fraction of sp³-hybridized carbons (Fsp3) is 1.00. The summed E-state index contributed by atoms with van der Waals surface area (Å²) in [5, 5.41) is 5.76. The molecule has 0 saturated carbocycles. The van der Waals surface area contributed by atoms with Gasteiger partial charge in [0.05, 0.1) is 0 Å². The van der Waals surface area contributed by atoms with E-state index in [1.807, 2.05) is 0 Å². The van der Waals surface area contributed by atoms with Gasteiger partial charge in [-0.3, -0.25) is 0 Å². The molecule has 0 aromatic carbocycles. The zero-order valence-corrected chi connectivity index (χ0v) is 7.90. The third-order valence-electron chi connectivity index (χ3n) is 3.33. The number of hydrogen-bond donors (Lipinski definition) is 2. The van der Waals surface area contributed by atoms with Crippen molar-refractivity contribution in [3.8, 4) is 0 Å². The molecule has 5 heteroatoms. The van der Waals surface area contributed by atoms with Gasteiger partial charge in [0.25, 0.3) is 0 Å². The summed E-state index contributed by atoms with van der Waals surface area (Å²) in [6, 6.07) is -1.27. The average molecular weight is 208 g/mol. The predicted molar refractivity (Wildman–Crippen MR) is 46.9 cm³/mol. The summed E-state index contributed by atoms with van der Waals surface area (Å²) >= 11 is 0. The normalized spacial score (nSPS) is 35.4. The first-order chi connectivity index (χ1) is 6.57. The number of hydrogen-bond acceptors (Lipinski definition) is 2. The Labute approximate surface area is 81.2 Å². The van der Waals surface area contributed by atoms with E-state index >= 15 is 0 Å². The maximum Gasteiger partial charge on any atom is 0.403 e. The molecule has 2 aliphatic heterocycles. The van der Waals surface area contributed by atoms with Gasteiger partial charge >= 0.3 is 6.18 Å². The van der Waals surface area contributed by atoms with Crippen molar-refractivity contribution >= 4 is 0 Å². The van der Waals surface area contributed by atoms with E-state index in [2.05, 4.69) is 10.6 Å². The molecular weight excluding hydrogens is 193 g/mol. The molecule has 2 N–H and O–H groups in total. The Morgan fingerprint density at radius 1 is 0.929 bits per heavy atom. The van der Waals surface area contributed by atoms with Crippen LogP contribution in [0, 0.1) is 11.8 Å². The second-order valence-corrected chi connectivity index (χ2v) is 4.26. The van der Waals surface area contributed by atoms with Crippen molar-refractivity contribution in [2.24, 2.45) is 11.8 Å². The first-order valence-electron chi connectivity index (χ1n) is 5.08. The molecule has 2 nitrogen and oxygen atoms in total. The van der Waals surface area contributed by atoms with Gasteiger partial charge in [0, 0.05) is 0 Å². The van der Waals surface area contributed by atoms with Gasteiger partial charge in [0.15, 0.2) is 0 Å². The Balaban J connectivity index is 1.80. The molecule has 2 atom stereocenters. The molecule has 82 valence electrons. The van der Waals surface area contributed by atoms with Gasteiger partial charge in [-0.1, -0.05) is 0 Å². The van der Waals surface area contributed by atoms with Crippen LogP contribution in [0.25, 0.3) is 0 Å². The summed E-state index contributed by atoms with van der Waals surface area (Å²) in [5.41, 5.74) is 0.